The molecule has 2 rings (SSSR count). The number of carbonyl (C=O) groups excluding carboxylic acids is 1. The molecule has 0 aliphatic heterocycles. The van der Waals surface area contributed by atoms with Crippen molar-refractivity contribution in [3.05, 3.63) is 33.8 Å². The lowest BCUT2D eigenvalue weighted by Crippen LogP contribution is -2.41. The van der Waals surface area contributed by atoms with E-state index < -0.39 is 0 Å². The van der Waals surface area contributed by atoms with E-state index in [2.05, 4.69) is 5.32 Å². The van der Waals surface area contributed by atoms with Crippen LogP contribution in [0.2, 0.25) is 10.0 Å². The average molecular weight is 315 g/mol. The molecule has 0 spiro atoms. The predicted molar refractivity (Wildman–Crippen MR) is 83.2 cm³/mol. The third-order valence-corrected chi connectivity index (χ3v) is 4.05. The fourth-order valence-corrected chi connectivity index (χ4v) is 2.36. The lowest BCUT2D eigenvalue weighted by molar-refractivity contribution is -0.131. The molecule has 110 valence electrons. The first-order valence-corrected chi connectivity index (χ1v) is 7.69. The number of amides is 1. The summed E-state index contributed by atoms with van der Waals surface area (Å²) in [6.07, 6.45) is 2.18. The number of hydrogen-bond acceptors (Lipinski definition) is 2. The van der Waals surface area contributed by atoms with Crippen LogP contribution in [0.4, 0.5) is 0 Å². The maximum absolute atomic E-state index is 12.3. The molecule has 1 aliphatic carbocycles. The average Bonchev–Trinajstić information content (AvgIpc) is 3.21. The number of carbonyl (C=O) groups is 1. The van der Waals surface area contributed by atoms with Crippen LogP contribution < -0.4 is 5.32 Å². The highest BCUT2D eigenvalue weighted by atomic mass is 35.5. The van der Waals surface area contributed by atoms with Crippen LogP contribution in [0.15, 0.2) is 18.2 Å². The van der Waals surface area contributed by atoms with Crippen molar-refractivity contribution in [1.29, 1.82) is 0 Å². The van der Waals surface area contributed by atoms with Gasteiger partial charge in [0.05, 0.1) is 16.6 Å². The van der Waals surface area contributed by atoms with Crippen molar-refractivity contribution >= 4 is 29.1 Å². The Morgan fingerprint density at radius 3 is 2.60 bits per heavy atom. The van der Waals surface area contributed by atoms with Crippen molar-refractivity contribution in [2.75, 3.05) is 6.54 Å². The number of halogens is 2. The van der Waals surface area contributed by atoms with E-state index in [1.54, 1.807) is 6.07 Å². The first kappa shape index (κ1) is 15.6. The minimum atomic E-state index is 0.146. The van der Waals surface area contributed by atoms with Crippen molar-refractivity contribution in [3.63, 3.8) is 0 Å². The lowest BCUT2D eigenvalue weighted by Gasteiger charge is -2.23. The first-order chi connectivity index (χ1) is 9.47. The molecule has 1 aromatic carbocycles. The van der Waals surface area contributed by atoms with Crippen LogP contribution in [0.3, 0.4) is 0 Å². The van der Waals surface area contributed by atoms with Gasteiger partial charge in [-0.05, 0) is 30.5 Å². The Bertz CT molecular complexity index is 487. The van der Waals surface area contributed by atoms with E-state index in [4.69, 9.17) is 23.2 Å². The topological polar surface area (TPSA) is 32.3 Å². The molecule has 0 unspecified atom stereocenters. The Labute approximate surface area is 130 Å². The fourth-order valence-electron chi connectivity index (χ4n) is 2.03. The molecule has 1 N–H and O–H groups in total. The molecule has 20 heavy (non-hydrogen) atoms. The van der Waals surface area contributed by atoms with E-state index in [-0.39, 0.29) is 5.91 Å². The van der Waals surface area contributed by atoms with Crippen LogP contribution in [0.25, 0.3) is 0 Å². The molecule has 0 atom stereocenters. The first-order valence-electron chi connectivity index (χ1n) is 6.94. The maximum Gasteiger partial charge on any atom is 0.237 e. The zero-order chi connectivity index (χ0) is 14.7. The van der Waals surface area contributed by atoms with Crippen LogP contribution >= 0.6 is 23.2 Å². The molecule has 0 heterocycles. The minimum absolute atomic E-state index is 0.146. The van der Waals surface area contributed by atoms with Gasteiger partial charge in [-0.1, -0.05) is 43.1 Å². The van der Waals surface area contributed by atoms with E-state index in [0.29, 0.717) is 35.2 Å². The Morgan fingerprint density at radius 1 is 1.35 bits per heavy atom. The van der Waals surface area contributed by atoms with Crippen molar-refractivity contribution in [2.24, 2.45) is 0 Å². The van der Waals surface area contributed by atoms with Crippen molar-refractivity contribution < 1.29 is 4.79 Å². The van der Waals surface area contributed by atoms with Gasteiger partial charge < -0.3 is 10.2 Å². The molecule has 1 fully saturated rings. The van der Waals surface area contributed by atoms with Crippen LogP contribution in [0.1, 0.15) is 32.3 Å². The van der Waals surface area contributed by atoms with Crippen LogP contribution in [0, 0.1) is 0 Å². The van der Waals surface area contributed by atoms with Gasteiger partial charge in [0.25, 0.3) is 0 Å². The van der Waals surface area contributed by atoms with Crippen LogP contribution in [-0.4, -0.2) is 29.4 Å². The number of nitrogens with one attached hydrogen (secondary N) is 1. The van der Waals surface area contributed by atoms with E-state index in [9.17, 15) is 4.79 Å². The van der Waals surface area contributed by atoms with Crippen molar-refractivity contribution in [1.82, 2.24) is 10.2 Å². The standard InChI is InChI=1S/C15H20Cl2N2O/c1-10(2)18-8-15(20)19(12-4-5-12)9-11-3-6-13(16)14(17)7-11/h3,6-7,10,12,18H,4-5,8-9H2,1-2H3. The summed E-state index contributed by atoms with van der Waals surface area (Å²) in [5.74, 6) is 0.146. The maximum atomic E-state index is 12.3. The number of benzene rings is 1. The second-order valence-electron chi connectivity index (χ2n) is 5.54. The highest BCUT2D eigenvalue weighted by Gasteiger charge is 2.32. The molecule has 1 amide bonds. The van der Waals surface area contributed by atoms with E-state index in [1.165, 1.54) is 0 Å². The molecule has 0 radical (unpaired) electrons. The van der Waals surface area contributed by atoms with Gasteiger partial charge >= 0.3 is 0 Å². The summed E-state index contributed by atoms with van der Waals surface area (Å²) in [5, 5.41) is 4.25. The van der Waals surface area contributed by atoms with Gasteiger partial charge in [0.1, 0.15) is 0 Å². The largest absolute Gasteiger partial charge is 0.334 e. The fraction of sp³-hybridized carbons (Fsp3) is 0.533. The minimum Gasteiger partial charge on any atom is -0.334 e. The molecular formula is C15H20Cl2N2O. The number of nitrogens with zero attached hydrogens (tertiary/aromatic N) is 1. The molecule has 0 aromatic heterocycles. The third-order valence-electron chi connectivity index (χ3n) is 3.31. The monoisotopic (exact) mass is 314 g/mol. The smallest absolute Gasteiger partial charge is 0.237 e. The van der Waals surface area contributed by atoms with Gasteiger partial charge in [0.15, 0.2) is 0 Å². The molecule has 1 saturated carbocycles. The zero-order valence-electron chi connectivity index (χ0n) is 11.8. The van der Waals surface area contributed by atoms with Crippen LogP contribution in [-0.2, 0) is 11.3 Å². The van der Waals surface area contributed by atoms with E-state index in [0.717, 1.165) is 18.4 Å². The van der Waals surface area contributed by atoms with Gasteiger partial charge in [0, 0.05) is 18.6 Å². The second kappa shape index (κ2) is 6.79. The Kier molecular flexibility index (Phi) is 5.30. The quantitative estimate of drug-likeness (QED) is 0.871. The Hall–Kier alpha value is -0.770. The highest BCUT2D eigenvalue weighted by Crippen LogP contribution is 2.30. The summed E-state index contributed by atoms with van der Waals surface area (Å²) in [5.41, 5.74) is 1.02. The summed E-state index contributed by atoms with van der Waals surface area (Å²) in [7, 11) is 0. The lowest BCUT2D eigenvalue weighted by atomic mass is 10.2. The van der Waals surface area contributed by atoms with Gasteiger partial charge in [-0.2, -0.15) is 0 Å². The summed E-state index contributed by atoms with van der Waals surface area (Å²) in [6.45, 7) is 5.05. The number of hydrogen-bond donors (Lipinski definition) is 1. The SMILES string of the molecule is CC(C)NCC(=O)N(Cc1ccc(Cl)c(Cl)c1)C1CC1. The normalized spacial score (nSPS) is 14.7. The van der Waals surface area contributed by atoms with E-state index in [1.807, 2.05) is 30.9 Å². The second-order valence-corrected chi connectivity index (χ2v) is 6.35. The molecule has 1 aliphatic rings. The van der Waals surface area contributed by atoms with E-state index >= 15 is 0 Å². The van der Waals surface area contributed by atoms with Gasteiger partial charge in [-0.3, -0.25) is 4.79 Å². The molecule has 0 bridgehead atoms. The highest BCUT2D eigenvalue weighted by molar-refractivity contribution is 6.42. The van der Waals surface area contributed by atoms with Gasteiger partial charge in [0.2, 0.25) is 5.91 Å². The van der Waals surface area contributed by atoms with Crippen molar-refractivity contribution in [3.8, 4) is 0 Å². The molecule has 1 aromatic rings. The van der Waals surface area contributed by atoms with Gasteiger partial charge in [-0.25, -0.2) is 0 Å². The molecule has 3 nitrogen and oxygen atoms in total. The van der Waals surface area contributed by atoms with Crippen molar-refractivity contribution in [2.45, 2.75) is 45.3 Å². The Balaban J connectivity index is 2.01. The summed E-state index contributed by atoms with van der Waals surface area (Å²) in [6, 6.07) is 6.23. The summed E-state index contributed by atoms with van der Waals surface area (Å²) < 4.78 is 0. The Morgan fingerprint density at radius 2 is 2.05 bits per heavy atom. The van der Waals surface area contributed by atoms with Crippen LogP contribution in [0.5, 0.6) is 0 Å². The predicted octanol–water partition coefficient (Wildman–Crippen LogP) is 3.48. The molecule has 0 saturated heterocycles. The number of rotatable bonds is 6. The van der Waals surface area contributed by atoms with Gasteiger partial charge in [-0.15, -0.1) is 0 Å². The molecule has 5 heteroatoms. The molecular weight excluding hydrogens is 295 g/mol. The third kappa shape index (κ3) is 4.37. The summed E-state index contributed by atoms with van der Waals surface area (Å²) in [4.78, 5) is 14.2. The summed E-state index contributed by atoms with van der Waals surface area (Å²) >= 11 is 11.9. The zero-order valence-corrected chi connectivity index (χ0v) is 13.3.